The largest absolute Gasteiger partial charge is 0.395 e. The lowest BCUT2D eigenvalue weighted by atomic mass is 10.2. The molecule has 0 radical (unpaired) electrons. The lowest BCUT2D eigenvalue weighted by molar-refractivity contribution is 0.250. The van der Waals surface area contributed by atoms with Gasteiger partial charge in [0, 0.05) is 20.1 Å². The fourth-order valence-electron chi connectivity index (χ4n) is 1.99. The van der Waals surface area contributed by atoms with Gasteiger partial charge in [-0.1, -0.05) is 41.9 Å². The summed E-state index contributed by atoms with van der Waals surface area (Å²) in [7, 11) is -2.33. The zero-order chi connectivity index (χ0) is 15.5. The fraction of sp³-hybridized carbons (Fsp3) is 0.308. The Morgan fingerprint density at radius 3 is 2.52 bits per heavy atom. The molecule has 0 unspecified atom stereocenters. The van der Waals surface area contributed by atoms with Crippen molar-refractivity contribution in [2.75, 3.05) is 13.2 Å². The number of sulfonamides is 1. The maximum Gasteiger partial charge on any atom is 0.262 e. The Labute approximate surface area is 128 Å². The maximum atomic E-state index is 12.7. The van der Waals surface area contributed by atoms with Gasteiger partial charge in [-0.15, -0.1) is 0 Å². The summed E-state index contributed by atoms with van der Waals surface area (Å²) in [5.41, 5.74) is 0.827. The molecule has 0 saturated heterocycles. The van der Waals surface area contributed by atoms with Gasteiger partial charge in [-0.2, -0.15) is 9.40 Å². The van der Waals surface area contributed by atoms with Gasteiger partial charge >= 0.3 is 0 Å². The first-order valence-electron chi connectivity index (χ1n) is 6.29. The number of aliphatic hydroxyl groups is 1. The number of hydrogen-bond donors (Lipinski definition) is 1. The first-order chi connectivity index (χ1) is 9.96. The number of aromatic nitrogens is 2. The predicted molar refractivity (Wildman–Crippen MR) is 79.3 cm³/mol. The minimum atomic E-state index is -3.84. The Balaban J connectivity index is 2.37. The highest BCUT2D eigenvalue weighted by Crippen LogP contribution is 2.24. The van der Waals surface area contributed by atoms with E-state index in [4.69, 9.17) is 16.7 Å². The molecule has 6 nitrogen and oxygen atoms in total. The number of halogens is 1. The minimum Gasteiger partial charge on any atom is -0.395 e. The predicted octanol–water partition coefficient (Wildman–Crippen LogP) is 1.26. The second kappa shape index (κ2) is 6.57. The van der Waals surface area contributed by atoms with Crippen LogP contribution in [0.4, 0.5) is 0 Å². The van der Waals surface area contributed by atoms with Crippen LogP contribution in [0.2, 0.25) is 5.02 Å². The smallest absolute Gasteiger partial charge is 0.262 e. The average molecular weight is 330 g/mol. The fourth-order valence-corrected chi connectivity index (χ4v) is 4.02. The minimum absolute atomic E-state index is 0.0151. The van der Waals surface area contributed by atoms with Crippen molar-refractivity contribution in [3.8, 4) is 0 Å². The van der Waals surface area contributed by atoms with Crippen LogP contribution in [0, 0.1) is 0 Å². The molecule has 8 heteroatoms. The summed E-state index contributed by atoms with van der Waals surface area (Å²) in [4.78, 5) is 0. The Morgan fingerprint density at radius 1 is 1.33 bits per heavy atom. The Morgan fingerprint density at radius 2 is 2.00 bits per heavy atom. The zero-order valence-corrected chi connectivity index (χ0v) is 13.0. The van der Waals surface area contributed by atoms with Crippen LogP contribution >= 0.6 is 11.6 Å². The van der Waals surface area contributed by atoms with Crippen molar-refractivity contribution in [1.29, 1.82) is 0 Å². The standard InChI is InChI=1S/C13H16ClN3O3S/c1-16-13(12(14)9-15-16)21(19,20)17(7-8-18)10-11-5-3-2-4-6-11/h2-6,9,18H,7-8,10H2,1H3. The van der Waals surface area contributed by atoms with Crippen molar-refractivity contribution in [3.63, 3.8) is 0 Å². The topological polar surface area (TPSA) is 75.4 Å². The molecule has 0 saturated carbocycles. The third kappa shape index (κ3) is 3.44. The van der Waals surface area contributed by atoms with Gasteiger partial charge in [-0.05, 0) is 5.56 Å². The molecule has 1 aromatic carbocycles. The first-order valence-corrected chi connectivity index (χ1v) is 8.11. The highest BCUT2D eigenvalue weighted by molar-refractivity contribution is 7.89. The summed E-state index contributed by atoms with van der Waals surface area (Å²) in [5.74, 6) is 0. The van der Waals surface area contributed by atoms with Crippen molar-refractivity contribution in [2.45, 2.75) is 11.6 Å². The molecule has 21 heavy (non-hydrogen) atoms. The van der Waals surface area contributed by atoms with Crippen LogP contribution < -0.4 is 0 Å². The molecule has 2 rings (SSSR count). The van der Waals surface area contributed by atoms with Gasteiger partial charge in [0.05, 0.1) is 17.8 Å². The second-order valence-corrected chi connectivity index (χ2v) is 6.73. The number of aliphatic hydroxyl groups excluding tert-OH is 1. The van der Waals surface area contributed by atoms with E-state index in [1.165, 1.54) is 22.2 Å². The lowest BCUT2D eigenvalue weighted by Crippen LogP contribution is -2.34. The molecule has 0 amide bonds. The summed E-state index contributed by atoms with van der Waals surface area (Å²) in [6.07, 6.45) is 1.29. The molecule has 0 aliphatic rings. The zero-order valence-electron chi connectivity index (χ0n) is 11.5. The van der Waals surface area contributed by atoms with E-state index in [1.807, 2.05) is 30.3 Å². The average Bonchev–Trinajstić information content (AvgIpc) is 2.79. The molecule has 1 N–H and O–H groups in total. The Bertz CT molecular complexity index is 681. The van der Waals surface area contributed by atoms with Gasteiger partial charge in [-0.3, -0.25) is 4.68 Å². The molecule has 0 bridgehead atoms. The Hall–Kier alpha value is -1.41. The van der Waals surface area contributed by atoms with Crippen molar-refractivity contribution in [3.05, 3.63) is 47.1 Å². The summed E-state index contributed by atoms with van der Waals surface area (Å²) >= 11 is 5.93. The van der Waals surface area contributed by atoms with Gasteiger partial charge in [0.2, 0.25) is 0 Å². The van der Waals surface area contributed by atoms with Gasteiger partial charge in [0.1, 0.15) is 0 Å². The highest BCUT2D eigenvalue weighted by atomic mass is 35.5. The number of nitrogens with zero attached hydrogens (tertiary/aromatic N) is 3. The number of benzene rings is 1. The maximum absolute atomic E-state index is 12.7. The SMILES string of the molecule is Cn1ncc(Cl)c1S(=O)(=O)N(CCO)Cc1ccccc1. The lowest BCUT2D eigenvalue weighted by Gasteiger charge is -2.21. The van der Waals surface area contributed by atoms with Crippen molar-refractivity contribution in [2.24, 2.45) is 7.05 Å². The monoisotopic (exact) mass is 329 g/mol. The van der Waals surface area contributed by atoms with Crippen molar-refractivity contribution < 1.29 is 13.5 Å². The third-order valence-corrected chi connectivity index (χ3v) is 5.33. The third-order valence-electron chi connectivity index (χ3n) is 2.98. The van der Waals surface area contributed by atoms with E-state index in [-0.39, 0.29) is 29.7 Å². The Kier molecular flexibility index (Phi) is 5.00. The number of hydrogen-bond acceptors (Lipinski definition) is 4. The molecular formula is C13H16ClN3O3S. The molecule has 114 valence electrons. The van der Waals surface area contributed by atoms with E-state index in [1.54, 1.807) is 0 Å². The molecule has 1 heterocycles. The van der Waals surface area contributed by atoms with Crippen molar-refractivity contribution in [1.82, 2.24) is 14.1 Å². The van der Waals surface area contributed by atoms with Crippen LogP contribution in [0.3, 0.4) is 0 Å². The molecule has 0 spiro atoms. The summed E-state index contributed by atoms with van der Waals surface area (Å²) in [6, 6.07) is 9.16. The van der Waals surface area contributed by atoms with Gasteiger partial charge in [0.15, 0.2) is 5.03 Å². The number of aryl methyl sites for hydroxylation is 1. The molecule has 0 atom stereocenters. The molecular weight excluding hydrogens is 314 g/mol. The van der Waals surface area contributed by atoms with Crippen molar-refractivity contribution >= 4 is 21.6 Å². The molecule has 0 aliphatic carbocycles. The molecule has 0 aliphatic heterocycles. The van der Waals surface area contributed by atoms with Crippen LogP contribution in [0.1, 0.15) is 5.56 Å². The molecule has 2 aromatic rings. The summed E-state index contributed by atoms with van der Waals surface area (Å²) < 4.78 is 27.8. The van der Waals surface area contributed by atoms with Crippen LogP contribution in [0.25, 0.3) is 0 Å². The normalized spacial score (nSPS) is 12.0. The highest BCUT2D eigenvalue weighted by Gasteiger charge is 2.29. The quantitative estimate of drug-likeness (QED) is 0.865. The first kappa shape index (κ1) is 16.0. The van der Waals surface area contributed by atoms with E-state index in [0.29, 0.717) is 0 Å². The summed E-state index contributed by atoms with van der Waals surface area (Å²) in [5, 5.41) is 13.0. The number of rotatable bonds is 6. The van der Waals surface area contributed by atoms with Gasteiger partial charge in [0.25, 0.3) is 10.0 Å². The van der Waals surface area contributed by atoms with E-state index >= 15 is 0 Å². The molecule has 0 fully saturated rings. The van der Waals surface area contributed by atoms with E-state index < -0.39 is 10.0 Å². The van der Waals surface area contributed by atoms with Crippen LogP contribution in [-0.4, -0.2) is 40.8 Å². The van der Waals surface area contributed by atoms with Crippen LogP contribution in [0.15, 0.2) is 41.6 Å². The van der Waals surface area contributed by atoms with Crippen LogP contribution in [-0.2, 0) is 23.6 Å². The van der Waals surface area contributed by atoms with Gasteiger partial charge < -0.3 is 5.11 Å². The van der Waals surface area contributed by atoms with Crippen LogP contribution in [0.5, 0.6) is 0 Å². The van der Waals surface area contributed by atoms with E-state index in [0.717, 1.165) is 5.56 Å². The van der Waals surface area contributed by atoms with E-state index in [9.17, 15) is 8.42 Å². The molecule has 1 aromatic heterocycles. The second-order valence-electron chi connectivity index (χ2n) is 4.47. The van der Waals surface area contributed by atoms with Gasteiger partial charge in [-0.25, -0.2) is 8.42 Å². The van der Waals surface area contributed by atoms with E-state index in [2.05, 4.69) is 5.10 Å². The summed E-state index contributed by atoms with van der Waals surface area (Å²) in [6.45, 7) is -0.133.